The zero-order valence-corrected chi connectivity index (χ0v) is 16.3. The van der Waals surface area contributed by atoms with Gasteiger partial charge in [-0.2, -0.15) is 0 Å². The molecule has 0 spiro atoms. The molecule has 3 aromatic carbocycles. The second-order valence-electron chi connectivity index (χ2n) is 6.46. The molecule has 0 heterocycles. The van der Waals surface area contributed by atoms with Crippen LogP contribution in [0.25, 0.3) is 0 Å². The molecule has 0 aromatic heterocycles. The van der Waals surface area contributed by atoms with Crippen LogP contribution in [-0.4, -0.2) is 19.5 Å². The molecular weight excluding hydrogens is 395 g/mol. The van der Waals surface area contributed by atoms with Gasteiger partial charge in [-0.15, -0.1) is 0 Å². The first-order chi connectivity index (χ1) is 13.8. The molecular formula is C21H19FN2O4S. The molecule has 0 fully saturated rings. The lowest BCUT2D eigenvalue weighted by molar-refractivity contribution is -0.129. The standard InChI is InChI=1S/C21H19FN2O4S/c1-14-12-17(22)10-11-19(14)29(27,28)24-18-9-5-8-16(13-18)20(21(25)23-26)15-6-3-2-4-7-15/h2-13,20,24,26H,1H3,(H,23,25). The summed E-state index contributed by atoms with van der Waals surface area (Å²) in [4.78, 5) is 12.2. The Hall–Kier alpha value is -3.23. The molecule has 0 radical (unpaired) electrons. The van der Waals surface area contributed by atoms with Crippen molar-refractivity contribution in [2.45, 2.75) is 17.7 Å². The molecule has 0 aliphatic heterocycles. The Morgan fingerprint density at radius 1 is 0.966 bits per heavy atom. The number of hydrogen-bond donors (Lipinski definition) is 3. The maximum absolute atomic E-state index is 13.3. The highest BCUT2D eigenvalue weighted by atomic mass is 32.2. The maximum atomic E-state index is 13.3. The summed E-state index contributed by atoms with van der Waals surface area (Å²) in [7, 11) is -3.96. The van der Waals surface area contributed by atoms with E-state index in [0.29, 0.717) is 11.1 Å². The zero-order valence-electron chi connectivity index (χ0n) is 15.5. The molecule has 0 saturated carbocycles. The Labute approximate surface area is 168 Å². The molecule has 150 valence electrons. The fraction of sp³-hybridized carbons (Fsp3) is 0.0952. The van der Waals surface area contributed by atoms with E-state index in [9.17, 15) is 17.6 Å². The minimum Gasteiger partial charge on any atom is -0.289 e. The summed E-state index contributed by atoms with van der Waals surface area (Å²) in [5.41, 5.74) is 3.28. The molecule has 8 heteroatoms. The van der Waals surface area contributed by atoms with Crippen LogP contribution < -0.4 is 10.2 Å². The largest absolute Gasteiger partial charge is 0.289 e. The smallest absolute Gasteiger partial charge is 0.262 e. The number of anilines is 1. The Morgan fingerprint density at radius 2 is 1.66 bits per heavy atom. The normalized spacial score (nSPS) is 12.2. The Kier molecular flexibility index (Phi) is 5.95. The molecule has 1 atom stereocenters. The highest BCUT2D eigenvalue weighted by Crippen LogP contribution is 2.28. The minimum absolute atomic E-state index is 0.0444. The number of amides is 1. The molecule has 0 aliphatic rings. The number of nitrogens with one attached hydrogen (secondary N) is 2. The highest BCUT2D eigenvalue weighted by molar-refractivity contribution is 7.92. The van der Waals surface area contributed by atoms with E-state index in [4.69, 9.17) is 5.21 Å². The van der Waals surface area contributed by atoms with Gasteiger partial charge in [0.15, 0.2) is 0 Å². The van der Waals surface area contributed by atoms with Crippen molar-refractivity contribution in [2.24, 2.45) is 0 Å². The number of aryl methyl sites for hydroxylation is 1. The summed E-state index contributed by atoms with van der Waals surface area (Å²) in [6.07, 6.45) is 0. The lowest BCUT2D eigenvalue weighted by Gasteiger charge is -2.17. The summed E-state index contributed by atoms with van der Waals surface area (Å²) < 4.78 is 41.2. The van der Waals surface area contributed by atoms with Crippen LogP contribution in [0, 0.1) is 12.7 Å². The van der Waals surface area contributed by atoms with Gasteiger partial charge in [0.05, 0.1) is 10.8 Å². The van der Waals surface area contributed by atoms with Gasteiger partial charge in [0.25, 0.3) is 15.9 Å². The summed E-state index contributed by atoms with van der Waals surface area (Å²) in [6.45, 7) is 1.51. The van der Waals surface area contributed by atoms with Crippen LogP contribution in [0.1, 0.15) is 22.6 Å². The van der Waals surface area contributed by atoms with Crippen LogP contribution in [0.5, 0.6) is 0 Å². The van der Waals surface area contributed by atoms with E-state index in [2.05, 4.69) is 4.72 Å². The molecule has 1 unspecified atom stereocenters. The predicted octanol–water partition coefficient (Wildman–Crippen LogP) is 3.57. The Morgan fingerprint density at radius 3 is 2.31 bits per heavy atom. The van der Waals surface area contributed by atoms with Gasteiger partial charge in [0.2, 0.25) is 0 Å². The van der Waals surface area contributed by atoms with Crippen molar-refractivity contribution >= 4 is 21.6 Å². The predicted molar refractivity (Wildman–Crippen MR) is 107 cm³/mol. The van der Waals surface area contributed by atoms with Crippen LogP contribution in [0.15, 0.2) is 77.7 Å². The molecule has 1 amide bonds. The average Bonchev–Trinajstić information content (AvgIpc) is 2.68. The lowest BCUT2D eigenvalue weighted by atomic mass is 9.90. The van der Waals surface area contributed by atoms with Crippen molar-refractivity contribution in [3.05, 3.63) is 95.3 Å². The van der Waals surface area contributed by atoms with Crippen molar-refractivity contribution in [3.8, 4) is 0 Å². The molecule has 6 nitrogen and oxygen atoms in total. The number of benzene rings is 3. The Bertz CT molecular complexity index is 1130. The number of carbonyl (C=O) groups is 1. The SMILES string of the molecule is Cc1cc(F)ccc1S(=O)(=O)Nc1cccc(C(C(=O)NO)c2ccccc2)c1. The highest BCUT2D eigenvalue weighted by Gasteiger charge is 2.23. The van der Waals surface area contributed by atoms with E-state index < -0.39 is 27.7 Å². The molecule has 0 aliphatic carbocycles. The molecule has 29 heavy (non-hydrogen) atoms. The summed E-state index contributed by atoms with van der Waals surface area (Å²) >= 11 is 0. The summed E-state index contributed by atoms with van der Waals surface area (Å²) in [5.74, 6) is -2.01. The first-order valence-electron chi connectivity index (χ1n) is 8.69. The molecule has 3 aromatic rings. The quantitative estimate of drug-likeness (QED) is 0.424. The first kappa shape index (κ1) is 20.5. The second kappa shape index (κ2) is 8.42. The molecule has 3 rings (SSSR count). The van der Waals surface area contributed by atoms with E-state index in [-0.39, 0.29) is 16.1 Å². The molecule has 0 saturated heterocycles. The van der Waals surface area contributed by atoms with Crippen LogP contribution in [0.4, 0.5) is 10.1 Å². The number of hydroxylamine groups is 1. The number of carbonyl (C=O) groups excluding carboxylic acids is 1. The zero-order chi connectivity index (χ0) is 21.0. The van der Waals surface area contributed by atoms with Crippen LogP contribution in [0.2, 0.25) is 0 Å². The average molecular weight is 414 g/mol. The van der Waals surface area contributed by atoms with Gasteiger partial charge in [0.1, 0.15) is 5.82 Å². The number of hydrogen-bond acceptors (Lipinski definition) is 4. The van der Waals surface area contributed by atoms with Crippen molar-refractivity contribution in [1.29, 1.82) is 0 Å². The van der Waals surface area contributed by atoms with Crippen LogP contribution in [-0.2, 0) is 14.8 Å². The monoisotopic (exact) mass is 414 g/mol. The minimum atomic E-state index is -3.96. The number of sulfonamides is 1. The van der Waals surface area contributed by atoms with Crippen molar-refractivity contribution < 1.29 is 22.8 Å². The van der Waals surface area contributed by atoms with Crippen molar-refractivity contribution in [2.75, 3.05) is 4.72 Å². The topological polar surface area (TPSA) is 95.5 Å². The van der Waals surface area contributed by atoms with Crippen LogP contribution in [0.3, 0.4) is 0 Å². The number of halogens is 1. The van der Waals surface area contributed by atoms with E-state index in [0.717, 1.165) is 12.1 Å². The van der Waals surface area contributed by atoms with Gasteiger partial charge in [-0.25, -0.2) is 18.3 Å². The van der Waals surface area contributed by atoms with Crippen molar-refractivity contribution in [3.63, 3.8) is 0 Å². The van der Waals surface area contributed by atoms with Gasteiger partial charge < -0.3 is 0 Å². The van der Waals surface area contributed by atoms with Gasteiger partial charge in [-0.3, -0.25) is 14.7 Å². The van der Waals surface area contributed by atoms with E-state index in [1.807, 2.05) is 0 Å². The fourth-order valence-corrected chi connectivity index (χ4v) is 4.39. The van der Waals surface area contributed by atoms with E-state index in [1.165, 1.54) is 19.1 Å². The third kappa shape index (κ3) is 4.61. The molecule has 3 N–H and O–H groups in total. The third-order valence-corrected chi connectivity index (χ3v) is 5.95. The van der Waals surface area contributed by atoms with Gasteiger partial charge >= 0.3 is 0 Å². The summed E-state index contributed by atoms with van der Waals surface area (Å²) in [5, 5.41) is 9.14. The lowest BCUT2D eigenvalue weighted by Crippen LogP contribution is -2.27. The fourth-order valence-electron chi connectivity index (χ4n) is 3.11. The third-order valence-electron chi connectivity index (χ3n) is 4.40. The van der Waals surface area contributed by atoms with Gasteiger partial charge in [-0.05, 0) is 53.9 Å². The van der Waals surface area contributed by atoms with Crippen molar-refractivity contribution in [1.82, 2.24) is 5.48 Å². The Balaban J connectivity index is 1.97. The van der Waals surface area contributed by atoms with E-state index >= 15 is 0 Å². The number of rotatable bonds is 6. The second-order valence-corrected chi connectivity index (χ2v) is 8.11. The molecule has 0 bridgehead atoms. The summed E-state index contributed by atoms with van der Waals surface area (Å²) in [6, 6.07) is 18.5. The maximum Gasteiger partial charge on any atom is 0.262 e. The first-order valence-corrected chi connectivity index (χ1v) is 10.2. The van der Waals surface area contributed by atoms with Gasteiger partial charge in [0, 0.05) is 5.69 Å². The van der Waals surface area contributed by atoms with Gasteiger partial charge in [-0.1, -0.05) is 42.5 Å². The van der Waals surface area contributed by atoms with Crippen LogP contribution >= 0.6 is 0 Å². The van der Waals surface area contributed by atoms with E-state index in [1.54, 1.807) is 54.0 Å².